The molecule has 10 heteroatoms. The van der Waals surface area contributed by atoms with E-state index < -0.39 is 0 Å². The SMILES string of the molecule is Cc1cn(-c2nccc3[nH]c(-c4n[nH]c5ncc(-c6cncc(NC(=O)C7CC7)c6)cc45)cc23)cn1. The van der Waals surface area contributed by atoms with Crippen molar-refractivity contribution in [2.24, 2.45) is 5.92 Å². The van der Waals surface area contributed by atoms with Gasteiger partial charge in [-0.15, -0.1) is 0 Å². The first-order valence-electron chi connectivity index (χ1n) is 11.7. The van der Waals surface area contributed by atoms with Crippen molar-refractivity contribution in [3.63, 3.8) is 0 Å². The van der Waals surface area contributed by atoms with E-state index in [9.17, 15) is 4.79 Å². The molecule has 0 unspecified atom stereocenters. The van der Waals surface area contributed by atoms with Crippen molar-refractivity contribution in [2.45, 2.75) is 19.8 Å². The van der Waals surface area contributed by atoms with Gasteiger partial charge in [0.05, 0.1) is 28.8 Å². The maximum absolute atomic E-state index is 12.2. The number of aromatic amines is 2. The molecule has 3 N–H and O–H groups in total. The summed E-state index contributed by atoms with van der Waals surface area (Å²) in [7, 11) is 0. The van der Waals surface area contributed by atoms with Crippen LogP contribution in [0.4, 0.5) is 5.69 Å². The molecule has 6 aromatic rings. The van der Waals surface area contributed by atoms with Crippen LogP contribution in [0.3, 0.4) is 0 Å². The van der Waals surface area contributed by atoms with Crippen LogP contribution in [0.5, 0.6) is 0 Å². The Kier molecular flexibility index (Phi) is 4.47. The van der Waals surface area contributed by atoms with E-state index in [2.05, 4.69) is 40.4 Å². The van der Waals surface area contributed by atoms with Crippen molar-refractivity contribution in [2.75, 3.05) is 5.32 Å². The van der Waals surface area contributed by atoms with Gasteiger partial charge in [0.2, 0.25) is 5.91 Å². The van der Waals surface area contributed by atoms with E-state index in [0.29, 0.717) is 11.3 Å². The number of nitrogens with zero attached hydrogens (tertiary/aromatic N) is 6. The Morgan fingerprint density at radius 2 is 1.94 bits per heavy atom. The van der Waals surface area contributed by atoms with Gasteiger partial charge in [0, 0.05) is 52.6 Å². The number of rotatable bonds is 5. The molecule has 0 spiro atoms. The quantitative estimate of drug-likeness (QED) is 0.339. The van der Waals surface area contributed by atoms with Crippen molar-refractivity contribution in [3.8, 4) is 28.3 Å². The Balaban J connectivity index is 1.28. The Labute approximate surface area is 204 Å². The zero-order chi connectivity index (χ0) is 24.2. The highest BCUT2D eigenvalue weighted by molar-refractivity contribution is 5.98. The lowest BCUT2D eigenvalue weighted by atomic mass is 10.1. The third-order valence-electron chi connectivity index (χ3n) is 6.44. The molecule has 1 saturated carbocycles. The molecule has 1 aliphatic carbocycles. The Morgan fingerprint density at radius 3 is 2.78 bits per heavy atom. The van der Waals surface area contributed by atoms with Crippen LogP contribution < -0.4 is 5.32 Å². The molecule has 7 rings (SSSR count). The number of hydrogen-bond acceptors (Lipinski definition) is 6. The van der Waals surface area contributed by atoms with Gasteiger partial charge in [0.1, 0.15) is 17.8 Å². The Morgan fingerprint density at radius 1 is 1.06 bits per heavy atom. The number of fused-ring (bicyclic) bond motifs is 2. The van der Waals surface area contributed by atoms with Crippen LogP contribution >= 0.6 is 0 Å². The summed E-state index contributed by atoms with van der Waals surface area (Å²) in [5.41, 5.74) is 6.59. The highest BCUT2D eigenvalue weighted by Crippen LogP contribution is 2.33. The van der Waals surface area contributed by atoms with Crippen LogP contribution in [-0.2, 0) is 4.79 Å². The lowest BCUT2D eigenvalue weighted by Gasteiger charge is -2.07. The van der Waals surface area contributed by atoms with Crippen LogP contribution in [0.15, 0.2) is 61.6 Å². The zero-order valence-corrected chi connectivity index (χ0v) is 19.4. The van der Waals surface area contributed by atoms with E-state index in [1.165, 1.54) is 0 Å². The number of pyridine rings is 3. The minimum atomic E-state index is 0.0539. The highest BCUT2D eigenvalue weighted by Gasteiger charge is 2.29. The van der Waals surface area contributed by atoms with E-state index in [1.807, 2.05) is 42.0 Å². The van der Waals surface area contributed by atoms with E-state index in [0.717, 1.165) is 63.2 Å². The van der Waals surface area contributed by atoms with Crippen molar-refractivity contribution in [1.82, 2.24) is 39.7 Å². The van der Waals surface area contributed by atoms with Crippen LogP contribution in [0.2, 0.25) is 0 Å². The molecule has 36 heavy (non-hydrogen) atoms. The van der Waals surface area contributed by atoms with Crippen molar-refractivity contribution in [1.29, 1.82) is 0 Å². The van der Waals surface area contributed by atoms with Gasteiger partial charge in [-0.2, -0.15) is 5.10 Å². The van der Waals surface area contributed by atoms with Gasteiger partial charge >= 0.3 is 0 Å². The van der Waals surface area contributed by atoms with E-state index in [4.69, 9.17) is 0 Å². The summed E-state index contributed by atoms with van der Waals surface area (Å²) in [6.07, 6.45) is 12.6. The molecule has 6 heterocycles. The molecule has 0 radical (unpaired) electrons. The fraction of sp³-hybridized carbons (Fsp3) is 0.154. The number of aryl methyl sites for hydroxylation is 1. The molecule has 0 aliphatic heterocycles. The number of anilines is 1. The number of carbonyl (C=O) groups excluding carboxylic acids is 1. The molecule has 0 aromatic carbocycles. The van der Waals surface area contributed by atoms with E-state index in [-0.39, 0.29) is 11.8 Å². The number of aromatic nitrogens is 8. The molecular weight excluding hydrogens is 454 g/mol. The smallest absolute Gasteiger partial charge is 0.227 e. The molecular formula is C26H21N9O. The summed E-state index contributed by atoms with van der Waals surface area (Å²) in [5, 5.41) is 12.4. The molecule has 0 atom stereocenters. The number of carbonyl (C=O) groups is 1. The van der Waals surface area contributed by atoms with Gasteiger partial charge in [-0.3, -0.25) is 19.4 Å². The molecule has 0 bridgehead atoms. The first-order chi connectivity index (χ1) is 17.6. The van der Waals surface area contributed by atoms with Gasteiger partial charge in [-0.1, -0.05) is 0 Å². The van der Waals surface area contributed by atoms with Gasteiger partial charge in [-0.05, 0) is 44.0 Å². The topological polar surface area (TPSA) is 130 Å². The molecule has 1 fully saturated rings. The largest absolute Gasteiger partial charge is 0.353 e. The fourth-order valence-electron chi connectivity index (χ4n) is 4.43. The number of hydrogen-bond donors (Lipinski definition) is 3. The number of amides is 1. The number of imidazole rings is 1. The summed E-state index contributed by atoms with van der Waals surface area (Å²) in [6, 6.07) is 7.95. The summed E-state index contributed by atoms with van der Waals surface area (Å²) in [6.45, 7) is 1.95. The molecule has 6 aromatic heterocycles. The van der Waals surface area contributed by atoms with Gasteiger partial charge in [-0.25, -0.2) is 15.0 Å². The van der Waals surface area contributed by atoms with E-state index >= 15 is 0 Å². The third kappa shape index (κ3) is 3.50. The second-order valence-corrected chi connectivity index (χ2v) is 9.12. The molecule has 10 nitrogen and oxygen atoms in total. The molecule has 1 amide bonds. The summed E-state index contributed by atoms with van der Waals surface area (Å²) < 4.78 is 1.92. The van der Waals surface area contributed by atoms with Crippen molar-refractivity contribution < 1.29 is 4.79 Å². The van der Waals surface area contributed by atoms with Crippen molar-refractivity contribution in [3.05, 3.63) is 67.3 Å². The van der Waals surface area contributed by atoms with E-state index in [1.54, 1.807) is 31.1 Å². The normalized spacial score (nSPS) is 13.5. The lowest BCUT2D eigenvalue weighted by Crippen LogP contribution is -2.13. The monoisotopic (exact) mass is 475 g/mol. The third-order valence-corrected chi connectivity index (χ3v) is 6.44. The van der Waals surface area contributed by atoms with Crippen molar-refractivity contribution >= 4 is 33.5 Å². The predicted molar refractivity (Wildman–Crippen MR) is 135 cm³/mol. The van der Waals surface area contributed by atoms with Gasteiger partial charge < -0.3 is 10.3 Å². The predicted octanol–water partition coefficient (Wildman–Crippen LogP) is 4.41. The second-order valence-electron chi connectivity index (χ2n) is 9.12. The zero-order valence-electron chi connectivity index (χ0n) is 19.4. The molecule has 1 aliphatic rings. The standard InChI is InChI=1S/C26H21N9O/c1-14-12-35(13-30-14)25-19-8-22(32-21(19)4-5-28-25)23-20-7-17(10-29-24(20)34-33-23)16-6-18(11-27-9-16)31-26(36)15-2-3-15/h4-13,15,32H,2-3H2,1H3,(H,31,36)(H,29,33,34). The van der Waals surface area contributed by atoms with Gasteiger partial charge in [0.25, 0.3) is 0 Å². The first-order valence-corrected chi connectivity index (χ1v) is 11.7. The Bertz CT molecular complexity index is 1770. The first kappa shape index (κ1) is 20.5. The average Bonchev–Trinajstić information content (AvgIpc) is 3.30. The number of nitrogens with one attached hydrogen (secondary N) is 3. The van der Waals surface area contributed by atoms with Crippen LogP contribution in [-0.4, -0.2) is 45.6 Å². The maximum Gasteiger partial charge on any atom is 0.227 e. The molecule has 176 valence electrons. The van der Waals surface area contributed by atoms with Crippen LogP contribution in [0.1, 0.15) is 18.5 Å². The highest BCUT2D eigenvalue weighted by atomic mass is 16.2. The minimum absolute atomic E-state index is 0.0539. The Hall–Kier alpha value is -4.86. The summed E-state index contributed by atoms with van der Waals surface area (Å²) in [4.78, 5) is 33.5. The lowest BCUT2D eigenvalue weighted by molar-refractivity contribution is -0.117. The van der Waals surface area contributed by atoms with Crippen LogP contribution in [0.25, 0.3) is 50.3 Å². The average molecular weight is 476 g/mol. The number of H-pyrrole nitrogens is 2. The maximum atomic E-state index is 12.2. The van der Waals surface area contributed by atoms with Gasteiger partial charge in [0.15, 0.2) is 5.65 Å². The minimum Gasteiger partial charge on any atom is -0.353 e. The summed E-state index contributed by atoms with van der Waals surface area (Å²) in [5.74, 6) is 0.980. The molecule has 0 saturated heterocycles. The summed E-state index contributed by atoms with van der Waals surface area (Å²) >= 11 is 0. The second kappa shape index (κ2) is 7.84. The fourth-order valence-corrected chi connectivity index (χ4v) is 4.43. The van der Waals surface area contributed by atoms with Crippen LogP contribution in [0, 0.1) is 12.8 Å².